The first-order valence-corrected chi connectivity index (χ1v) is 11.2. The SMILES string of the molecule is CN(CC(=O)NC1CCS(=O)(=O)C1)Cc1csc(-c2ccsc2)n1. The molecule has 1 aliphatic rings. The fourth-order valence-electron chi connectivity index (χ4n) is 2.66. The number of amides is 1. The number of sulfone groups is 1. The third-order valence-electron chi connectivity index (χ3n) is 3.76. The summed E-state index contributed by atoms with van der Waals surface area (Å²) in [5.74, 6) is 0.0733. The van der Waals surface area contributed by atoms with Crippen molar-refractivity contribution in [2.24, 2.45) is 0 Å². The third-order valence-corrected chi connectivity index (χ3v) is 7.15. The lowest BCUT2D eigenvalue weighted by Gasteiger charge is -2.17. The second-order valence-corrected chi connectivity index (χ2v) is 9.86. The van der Waals surface area contributed by atoms with Gasteiger partial charge < -0.3 is 5.32 Å². The molecule has 1 unspecified atom stereocenters. The minimum Gasteiger partial charge on any atom is -0.351 e. The van der Waals surface area contributed by atoms with Gasteiger partial charge in [0, 0.05) is 28.9 Å². The summed E-state index contributed by atoms with van der Waals surface area (Å²) in [5, 5.41) is 9.88. The lowest BCUT2D eigenvalue weighted by Crippen LogP contribution is -2.41. The van der Waals surface area contributed by atoms with Crippen LogP contribution in [-0.4, -0.2) is 55.3 Å². The number of hydrogen-bond acceptors (Lipinski definition) is 7. The van der Waals surface area contributed by atoms with E-state index in [-0.39, 0.29) is 30.0 Å². The van der Waals surface area contributed by atoms with Gasteiger partial charge >= 0.3 is 0 Å². The standard InChI is InChI=1S/C15H19N3O3S3/c1-18(7-14(19)16-12-3-5-24(20,21)10-12)6-13-9-23-15(17-13)11-2-4-22-8-11/h2,4,8-9,12H,3,5-7,10H2,1H3,(H,16,19). The smallest absolute Gasteiger partial charge is 0.234 e. The van der Waals surface area contributed by atoms with Crippen LogP contribution in [0.3, 0.4) is 0 Å². The van der Waals surface area contributed by atoms with E-state index >= 15 is 0 Å². The van der Waals surface area contributed by atoms with Crippen LogP contribution in [0.2, 0.25) is 0 Å². The number of hydrogen-bond donors (Lipinski definition) is 1. The van der Waals surface area contributed by atoms with Crippen LogP contribution in [0.4, 0.5) is 0 Å². The van der Waals surface area contributed by atoms with Crippen LogP contribution in [0, 0.1) is 0 Å². The largest absolute Gasteiger partial charge is 0.351 e. The summed E-state index contributed by atoms with van der Waals surface area (Å²) in [5.41, 5.74) is 2.05. The lowest BCUT2D eigenvalue weighted by atomic mass is 10.2. The number of carbonyl (C=O) groups is 1. The Kier molecular flexibility index (Phi) is 5.33. The van der Waals surface area contributed by atoms with Gasteiger partial charge in [0.05, 0.1) is 23.7 Å². The van der Waals surface area contributed by atoms with E-state index in [9.17, 15) is 13.2 Å². The van der Waals surface area contributed by atoms with E-state index in [2.05, 4.69) is 15.7 Å². The van der Waals surface area contributed by atoms with Crippen LogP contribution in [-0.2, 0) is 21.2 Å². The van der Waals surface area contributed by atoms with Crippen molar-refractivity contribution in [3.8, 4) is 10.6 Å². The molecule has 9 heteroatoms. The van der Waals surface area contributed by atoms with E-state index in [1.165, 1.54) is 0 Å². The Hall–Kier alpha value is -1.29. The fourth-order valence-corrected chi connectivity index (χ4v) is 5.85. The van der Waals surface area contributed by atoms with E-state index in [0.717, 1.165) is 16.3 Å². The zero-order chi connectivity index (χ0) is 17.2. The van der Waals surface area contributed by atoms with E-state index in [1.54, 1.807) is 22.7 Å². The summed E-state index contributed by atoms with van der Waals surface area (Å²) >= 11 is 3.24. The predicted octanol–water partition coefficient (Wildman–Crippen LogP) is 1.61. The molecule has 1 amide bonds. The Bertz CT molecular complexity index is 799. The van der Waals surface area contributed by atoms with E-state index in [0.29, 0.717) is 13.0 Å². The van der Waals surface area contributed by atoms with Gasteiger partial charge in [0.1, 0.15) is 5.01 Å². The molecule has 1 N–H and O–H groups in total. The van der Waals surface area contributed by atoms with E-state index in [1.807, 2.05) is 28.8 Å². The molecule has 0 bridgehead atoms. The van der Waals surface area contributed by atoms with Gasteiger partial charge in [-0.1, -0.05) is 0 Å². The van der Waals surface area contributed by atoms with Crippen LogP contribution in [0.5, 0.6) is 0 Å². The monoisotopic (exact) mass is 385 g/mol. The molecule has 0 aromatic carbocycles. The minimum atomic E-state index is -2.97. The highest BCUT2D eigenvalue weighted by atomic mass is 32.2. The Morgan fingerprint density at radius 3 is 2.96 bits per heavy atom. The molecule has 3 rings (SSSR count). The molecule has 0 aliphatic carbocycles. The molecule has 0 radical (unpaired) electrons. The van der Waals surface area contributed by atoms with Crippen molar-refractivity contribution >= 4 is 38.4 Å². The Morgan fingerprint density at radius 1 is 1.46 bits per heavy atom. The van der Waals surface area contributed by atoms with Gasteiger partial charge in [0.15, 0.2) is 9.84 Å². The van der Waals surface area contributed by atoms with Crippen LogP contribution in [0.15, 0.2) is 22.2 Å². The average molecular weight is 386 g/mol. The zero-order valence-electron chi connectivity index (χ0n) is 13.3. The highest BCUT2D eigenvalue weighted by Crippen LogP contribution is 2.26. The van der Waals surface area contributed by atoms with Gasteiger partial charge in [-0.25, -0.2) is 13.4 Å². The molecule has 24 heavy (non-hydrogen) atoms. The number of aromatic nitrogens is 1. The molecular formula is C15H19N3O3S3. The Morgan fingerprint density at radius 2 is 2.29 bits per heavy atom. The second-order valence-electron chi connectivity index (χ2n) is 6.00. The number of nitrogens with zero attached hydrogens (tertiary/aromatic N) is 2. The van der Waals surface area contributed by atoms with Crippen LogP contribution < -0.4 is 5.32 Å². The predicted molar refractivity (Wildman–Crippen MR) is 97.0 cm³/mol. The summed E-state index contributed by atoms with van der Waals surface area (Å²) in [4.78, 5) is 18.5. The van der Waals surface area contributed by atoms with Gasteiger partial charge in [-0.05, 0) is 24.9 Å². The summed E-state index contributed by atoms with van der Waals surface area (Å²) in [6, 6.07) is 1.79. The van der Waals surface area contributed by atoms with Crippen molar-refractivity contribution in [2.45, 2.75) is 19.0 Å². The molecule has 1 saturated heterocycles. The quantitative estimate of drug-likeness (QED) is 0.817. The molecule has 2 aromatic heterocycles. The van der Waals surface area contributed by atoms with Crippen molar-refractivity contribution in [3.05, 3.63) is 27.9 Å². The first-order valence-electron chi connectivity index (χ1n) is 7.56. The van der Waals surface area contributed by atoms with Crippen molar-refractivity contribution in [2.75, 3.05) is 25.1 Å². The zero-order valence-corrected chi connectivity index (χ0v) is 15.7. The van der Waals surface area contributed by atoms with Gasteiger partial charge in [-0.2, -0.15) is 11.3 Å². The normalized spacial score (nSPS) is 19.7. The van der Waals surface area contributed by atoms with Crippen molar-refractivity contribution < 1.29 is 13.2 Å². The molecule has 6 nitrogen and oxygen atoms in total. The highest BCUT2D eigenvalue weighted by Gasteiger charge is 2.29. The van der Waals surface area contributed by atoms with Crippen LogP contribution >= 0.6 is 22.7 Å². The summed E-state index contributed by atoms with van der Waals surface area (Å²) in [6.45, 7) is 0.804. The van der Waals surface area contributed by atoms with Crippen molar-refractivity contribution in [1.82, 2.24) is 15.2 Å². The van der Waals surface area contributed by atoms with Gasteiger partial charge in [-0.15, -0.1) is 11.3 Å². The summed E-state index contributed by atoms with van der Waals surface area (Å²) in [6.07, 6.45) is 0.508. The lowest BCUT2D eigenvalue weighted by molar-refractivity contribution is -0.122. The number of thiophene rings is 1. The number of thiazole rings is 1. The van der Waals surface area contributed by atoms with Gasteiger partial charge in [-0.3, -0.25) is 9.69 Å². The van der Waals surface area contributed by atoms with Gasteiger partial charge in [0.25, 0.3) is 0 Å². The maximum atomic E-state index is 12.0. The molecule has 1 aliphatic heterocycles. The minimum absolute atomic E-state index is 0.0541. The molecule has 0 saturated carbocycles. The molecule has 2 aromatic rings. The second kappa shape index (κ2) is 7.30. The van der Waals surface area contributed by atoms with Crippen molar-refractivity contribution in [1.29, 1.82) is 0 Å². The van der Waals surface area contributed by atoms with E-state index < -0.39 is 9.84 Å². The number of carbonyl (C=O) groups excluding carboxylic acids is 1. The number of rotatable bonds is 6. The molecule has 1 fully saturated rings. The maximum absolute atomic E-state index is 12.0. The number of likely N-dealkylation sites (N-methyl/N-ethyl adjacent to an activating group) is 1. The molecule has 1 atom stereocenters. The Labute approximate surface area is 149 Å². The third kappa shape index (κ3) is 4.62. The van der Waals surface area contributed by atoms with Crippen molar-refractivity contribution in [3.63, 3.8) is 0 Å². The first kappa shape index (κ1) is 17.5. The molecular weight excluding hydrogens is 366 g/mol. The first-order chi connectivity index (χ1) is 11.4. The molecule has 0 spiro atoms. The fraction of sp³-hybridized carbons (Fsp3) is 0.467. The average Bonchev–Trinajstić information content (AvgIpc) is 3.19. The van der Waals surface area contributed by atoms with Crippen LogP contribution in [0.25, 0.3) is 10.6 Å². The van der Waals surface area contributed by atoms with E-state index in [4.69, 9.17) is 0 Å². The maximum Gasteiger partial charge on any atom is 0.234 e. The van der Waals surface area contributed by atoms with Crippen LogP contribution in [0.1, 0.15) is 12.1 Å². The van der Waals surface area contributed by atoms with Gasteiger partial charge in [0.2, 0.25) is 5.91 Å². The molecule has 3 heterocycles. The summed E-state index contributed by atoms with van der Waals surface area (Å²) in [7, 11) is -1.12. The molecule has 130 valence electrons. The topological polar surface area (TPSA) is 79.4 Å². The Balaban J connectivity index is 1.49. The summed E-state index contributed by atoms with van der Waals surface area (Å²) < 4.78 is 22.8. The number of nitrogens with one attached hydrogen (secondary N) is 1. The highest BCUT2D eigenvalue weighted by molar-refractivity contribution is 7.91.